The Morgan fingerprint density at radius 1 is 1.11 bits per heavy atom. The van der Waals surface area contributed by atoms with Gasteiger partial charge in [-0.1, -0.05) is 38.8 Å². The number of carboxylic acid groups (broad SMARTS) is 1. The number of nitrogens with zero attached hydrogens (tertiary/aromatic N) is 3. The van der Waals surface area contributed by atoms with Crippen LogP contribution in [-0.2, 0) is 27.7 Å². The maximum atomic E-state index is 15.3. The monoisotopic (exact) mass is 513 g/mol. The highest BCUT2D eigenvalue weighted by molar-refractivity contribution is 7.89. The molecule has 3 aromatic rings. The summed E-state index contributed by atoms with van der Waals surface area (Å²) < 4.78 is 45.4. The molecular weight excluding hydrogens is 481 g/mol. The molecule has 1 N–H and O–H groups in total. The van der Waals surface area contributed by atoms with Gasteiger partial charge < -0.3 is 5.11 Å². The van der Waals surface area contributed by atoms with E-state index in [0.717, 1.165) is 37.7 Å². The molecule has 1 saturated carbocycles. The number of halogens is 1. The summed E-state index contributed by atoms with van der Waals surface area (Å²) in [5.74, 6) is -1.35. The molecule has 2 heterocycles. The van der Waals surface area contributed by atoms with E-state index in [1.165, 1.54) is 10.4 Å². The number of rotatable bonds is 7. The molecule has 5 rings (SSSR count). The molecule has 0 radical (unpaired) electrons. The molecule has 2 aliphatic rings. The van der Waals surface area contributed by atoms with E-state index in [1.54, 1.807) is 22.9 Å². The van der Waals surface area contributed by atoms with Crippen LogP contribution in [0.2, 0.25) is 0 Å². The van der Waals surface area contributed by atoms with E-state index in [4.69, 9.17) is 5.10 Å². The largest absolute Gasteiger partial charge is 0.481 e. The van der Waals surface area contributed by atoms with Gasteiger partial charge in [0.15, 0.2) is 0 Å². The van der Waals surface area contributed by atoms with Crippen molar-refractivity contribution < 1.29 is 22.7 Å². The summed E-state index contributed by atoms with van der Waals surface area (Å²) in [7, 11) is -3.71. The number of benzene rings is 2. The van der Waals surface area contributed by atoms with Crippen molar-refractivity contribution in [1.82, 2.24) is 14.1 Å². The molecule has 1 aliphatic carbocycles. The Labute approximate surface area is 211 Å². The van der Waals surface area contributed by atoms with Crippen LogP contribution < -0.4 is 0 Å². The Morgan fingerprint density at radius 2 is 1.81 bits per heavy atom. The standard InChI is InChI=1S/C27H32FN3O4S/c1-3-18-8-10-20(11-9-18)36(34,35)30-15-17(2)24(16-30)31-27-21(23(29-31)14-25(32)33)12-13-22(28)26(27)19-6-4-5-7-19/h8-13,17,19,24H,3-7,14-16H2,1-2H3,(H,32,33)/t17-,24+/m1/s1. The third kappa shape index (κ3) is 4.32. The Balaban J connectivity index is 1.58. The molecule has 0 amide bonds. The zero-order chi connectivity index (χ0) is 25.6. The highest BCUT2D eigenvalue weighted by Gasteiger charge is 2.40. The van der Waals surface area contributed by atoms with Crippen LogP contribution in [0.25, 0.3) is 10.9 Å². The second-order valence-electron chi connectivity index (χ2n) is 10.2. The van der Waals surface area contributed by atoms with Crippen molar-refractivity contribution >= 4 is 26.9 Å². The summed E-state index contributed by atoms with van der Waals surface area (Å²) in [6, 6.07) is 9.67. The molecule has 0 spiro atoms. The van der Waals surface area contributed by atoms with Gasteiger partial charge in [0.25, 0.3) is 0 Å². The number of carbonyl (C=O) groups is 1. The van der Waals surface area contributed by atoms with Crippen molar-refractivity contribution in [3.8, 4) is 0 Å². The number of hydrogen-bond acceptors (Lipinski definition) is 4. The summed E-state index contributed by atoms with van der Waals surface area (Å²) in [6.07, 6.45) is 4.37. The van der Waals surface area contributed by atoms with Gasteiger partial charge in [-0.2, -0.15) is 9.40 Å². The summed E-state index contributed by atoms with van der Waals surface area (Å²) in [4.78, 5) is 11.8. The van der Waals surface area contributed by atoms with Gasteiger partial charge in [-0.3, -0.25) is 9.48 Å². The van der Waals surface area contributed by atoms with Gasteiger partial charge in [-0.25, -0.2) is 12.8 Å². The number of aryl methyl sites for hydroxylation is 1. The fraction of sp³-hybridized carbons (Fsp3) is 0.481. The SMILES string of the molecule is CCc1ccc(S(=O)(=O)N2C[C@@H](C)[C@@H](n3nc(CC(=O)O)c4ccc(F)c(C5CCCC5)c43)C2)cc1. The van der Waals surface area contributed by atoms with Crippen LogP contribution in [0.3, 0.4) is 0 Å². The summed E-state index contributed by atoms with van der Waals surface area (Å²) >= 11 is 0. The molecule has 0 unspecified atom stereocenters. The van der Waals surface area contributed by atoms with Crippen LogP contribution in [-0.4, -0.2) is 46.7 Å². The number of hydrogen-bond donors (Lipinski definition) is 1. The second-order valence-corrected chi connectivity index (χ2v) is 12.1. The molecule has 2 fully saturated rings. The molecule has 9 heteroatoms. The predicted molar refractivity (Wildman–Crippen MR) is 135 cm³/mol. The minimum Gasteiger partial charge on any atom is -0.481 e. The molecule has 192 valence electrons. The Morgan fingerprint density at radius 3 is 2.44 bits per heavy atom. The molecule has 1 aliphatic heterocycles. The smallest absolute Gasteiger partial charge is 0.309 e. The molecule has 7 nitrogen and oxygen atoms in total. The van der Waals surface area contributed by atoms with E-state index in [-0.39, 0.29) is 41.6 Å². The van der Waals surface area contributed by atoms with Gasteiger partial charge in [-0.15, -0.1) is 0 Å². The topological polar surface area (TPSA) is 92.5 Å². The zero-order valence-corrected chi connectivity index (χ0v) is 21.5. The molecule has 2 atom stereocenters. The maximum absolute atomic E-state index is 15.3. The van der Waals surface area contributed by atoms with Gasteiger partial charge in [0.2, 0.25) is 10.0 Å². The Kier molecular flexibility index (Phi) is 6.63. The number of aliphatic carboxylic acids is 1. The van der Waals surface area contributed by atoms with E-state index >= 15 is 4.39 Å². The second kappa shape index (κ2) is 9.59. The van der Waals surface area contributed by atoms with Crippen LogP contribution in [0.15, 0.2) is 41.3 Å². The molecule has 1 aromatic heterocycles. The predicted octanol–water partition coefficient (Wildman–Crippen LogP) is 4.90. The van der Waals surface area contributed by atoms with E-state index in [1.807, 2.05) is 26.0 Å². The fourth-order valence-corrected chi connectivity index (χ4v) is 7.44. The molecule has 36 heavy (non-hydrogen) atoms. The van der Waals surface area contributed by atoms with Crippen molar-refractivity contribution in [3.63, 3.8) is 0 Å². The van der Waals surface area contributed by atoms with Crippen LogP contribution in [0.5, 0.6) is 0 Å². The van der Waals surface area contributed by atoms with E-state index in [2.05, 4.69) is 0 Å². The highest BCUT2D eigenvalue weighted by Crippen LogP contribution is 2.42. The lowest BCUT2D eigenvalue weighted by atomic mass is 9.93. The maximum Gasteiger partial charge on any atom is 0.309 e. The van der Waals surface area contributed by atoms with Crippen molar-refractivity contribution in [2.24, 2.45) is 5.92 Å². The lowest BCUT2D eigenvalue weighted by molar-refractivity contribution is -0.136. The quantitative estimate of drug-likeness (QED) is 0.485. The van der Waals surface area contributed by atoms with Crippen molar-refractivity contribution in [1.29, 1.82) is 0 Å². The number of sulfonamides is 1. The first kappa shape index (κ1) is 24.9. The average Bonchev–Trinajstić information content (AvgIpc) is 3.58. The van der Waals surface area contributed by atoms with Crippen molar-refractivity contribution in [2.75, 3.05) is 13.1 Å². The fourth-order valence-electron chi connectivity index (χ4n) is 5.88. The van der Waals surface area contributed by atoms with E-state index in [9.17, 15) is 18.3 Å². The average molecular weight is 514 g/mol. The lowest BCUT2D eigenvalue weighted by Crippen LogP contribution is -2.29. The van der Waals surface area contributed by atoms with E-state index in [0.29, 0.717) is 28.7 Å². The number of carboxylic acids is 1. The zero-order valence-electron chi connectivity index (χ0n) is 20.7. The molecule has 2 aromatic carbocycles. The summed E-state index contributed by atoms with van der Waals surface area (Å²) in [5, 5.41) is 14.8. The summed E-state index contributed by atoms with van der Waals surface area (Å²) in [5.41, 5.74) is 2.68. The van der Waals surface area contributed by atoms with Crippen molar-refractivity contribution in [2.45, 2.75) is 69.2 Å². The van der Waals surface area contributed by atoms with Gasteiger partial charge in [0.05, 0.1) is 28.6 Å². The van der Waals surface area contributed by atoms with Gasteiger partial charge >= 0.3 is 5.97 Å². The Hall–Kier alpha value is -2.78. The van der Waals surface area contributed by atoms with Crippen LogP contribution in [0, 0.1) is 11.7 Å². The van der Waals surface area contributed by atoms with Gasteiger partial charge in [-0.05, 0) is 60.9 Å². The molecule has 1 saturated heterocycles. The highest BCUT2D eigenvalue weighted by atomic mass is 32.2. The first-order valence-corrected chi connectivity index (χ1v) is 14.1. The van der Waals surface area contributed by atoms with Crippen molar-refractivity contribution in [3.05, 3.63) is 59.0 Å². The minimum absolute atomic E-state index is 0.0513. The third-order valence-corrected chi connectivity index (χ3v) is 9.68. The number of fused-ring (bicyclic) bond motifs is 1. The first-order valence-electron chi connectivity index (χ1n) is 12.7. The van der Waals surface area contributed by atoms with Crippen LogP contribution in [0.4, 0.5) is 4.39 Å². The molecule has 0 bridgehead atoms. The Bertz CT molecular complexity index is 1390. The third-order valence-electron chi connectivity index (χ3n) is 7.84. The van der Waals surface area contributed by atoms with Gasteiger partial charge in [0, 0.05) is 24.0 Å². The minimum atomic E-state index is -3.71. The summed E-state index contributed by atoms with van der Waals surface area (Å²) in [6.45, 7) is 4.50. The van der Waals surface area contributed by atoms with Crippen LogP contribution in [0.1, 0.15) is 68.3 Å². The van der Waals surface area contributed by atoms with Gasteiger partial charge in [0.1, 0.15) is 5.82 Å². The first-order chi connectivity index (χ1) is 17.2. The van der Waals surface area contributed by atoms with Crippen LogP contribution >= 0.6 is 0 Å². The molecular formula is C27H32FN3O4S. The lowest BCUT2D eigenvalue weighted by Gasteiger charge is -2.20. The van der Waals surface area contributed by atoms with E-state index < -0.39 is 16.0 Å². The number of aromatic nitrogens is 2. The normalized spacial score (nSPS) is 21.5.